The van der Waals surface area contributed by atoms with E-state index in [-0.39, 0.29) is 6.04 Å². The third kappa shape index (κ3) is 2.97. The van der Waals surface area contributed by atoms with Crippen molar-refractivity contribution in [3.8, 4) is 0 Å². The molecule has 4 heteroatoms. The van der Waals surface area contributed by atoms with Gasteiger partial charge in [-0.3, -0.25) is 4.98 Å². The predicted octanol–water partition coefficient (Wildman–Crippen LogP) is 3.70. The second-order valence-corrected chi connectivity index (χ2v) is 4.55. The van der Waals surface area contributed by atoms with Crippen molar-refractivity contribution in [2.45, 2.75) is 6.04 Å². The van der Waals surface area contributed by atoms with Crippen LogP contribution in [0, 0.1) is 0 Å². The third-order valence-corrected chi connectivity index (χ3v) is 3.01. The highest BCUT2D eigenvalue weighted by Crippen LogP contribution is 2.22. The van der Waals surface area contributed by atoms with E-state index in [1.54, 1.807) is 6.20 Å². The summed E-state index contributed by atoms with van der Waals surface area (Å²) in [7, 11) is 1.90. The fraction of sp³-hybridized carbons (Fsp3) is 0.154. The van der Waals surface area contributed by atoms with Crippen LogP contribution in [-0.2, 0) is 0 Å². The fourth-order valence-electron chi connectivity index (χ4n) is 1.70. The topological polar surface area (TPSA) is 24.9 Å². The molecule has 0 aliphatic heterocycles. The maximum atomic E-state index is 5.87. The van der Waals surface area contributed by atoms with Crippen LogP contribution in [0.5, 0.6) is 0 Å². The van der Waals surface area contributed by atoms with Crippen molar-refractivity contribution in [2.75, 3.05) is 7.05 Å². The fourth-order valence-corrected chi connectivity index (χ4v) is 1.94. The average Bonchev–Trinajstić information content (AvgIpc) is 2.35. The molecule has 0 aliphatic carbocycles. The SMILES string of the molecule is CNC(c1ccc(Cl)cc1)c1ccc(Cl)cn1. The van der Waals surface area contributed by atoms with E-state index in [0.29, 0.717) is 5.02 Å². The standard InChI is InChI=1S/C13H12Cl2N2/c1-16-13(9-2-4-10(14)5-3-9)12-7-6-11(15)8-17-12/h2-8,13,16H,1H3. The number of pyridine rings is 1. The summed E-state index contributed by atoms with van der Waals surface area (Å²) in [6, 6.07) is 11.5. The Bertz CT molecular complexity index is 434. The smallest absolute Gasteiger partial charge is 0.0749 e. The van der Waals surface area contributed by atoms with Crippen LogP contribution >= 0.6 is 23.2 Å². The third-order valence-electron chi connectivity index (χ3n) is 2.54. The van der Waals surface area contributed by atoms with Gasteiger partial charge >= 0.3 is 0 Å². The minimum absolute atomic E-state index is 0.0459. The summed E-state index contributed by atoms with van der Waals surface area (Å²) in [6.45, 7) is 0. The molecule has 1 aromatic heterocycles. The number of hydrogen-bond donors (Lipinski definition) is 1. The van der Waals surface area contributed by atoms with E-state index in [1.807, 2.05) is 43.4 Å². The summed E-state index contributed by atoms with van der Waals surface area (Å²) in [6.07, 6.45) is 1.65. The van der Waals surface area contributed by atoms with Crippen LogP contribution in [0.15, 0.2) is 42.6 Å². The average molecular weight is 267 g/mol. The molecule has 2 rings (SSSR count). The highest BCUT2D eigenvalue weighted by molar-refractivity contribution is 6.30. The molecule has 0 bridgehead atoms. The first-order chi connectivity index (χ1) is 8.20. The summed E-state index contributed by atoms with van der Waals surface area (Å²) in [5.74, 6) is 0. The van der Waals surface area contributed by atoms with Crippen LogP contribution in [0.2, 0.25) is 10.0 Å². The van der Waals surface area contributed by atoms with Gasteiger partial charge in [0.15, 0.2) is 0 Å². The van der Waals surface area contributed by atoms with Gasteiger partial charge in [0.05, 0.1) is 16.8 Å². The Balaban J connectivity index is 2.33. The van der Waals surface area contributed by atoms with Crippen molar-refractivity contribution >= 4 is 23.2 Å². The molecule has 1 atom stereocenters. The van der Waals surface area contributed by atoms with Gasteiger partial charge in [-0.05, 0) is 36.9 Å². The lowest BCUT2D eigenvalue weighted by atomic mass is 10.0. The Kier molecular flexibility index (Phi) is 4.00. The molecule has 0 amide bonds. The van der Waals surface area contributed by atoms with Crippen molar-refractivity contribution in [2.24, 2.45) is 0 Å². The molecular weight excluding hydrogens is 255 g/mol. The van der Waals surface area contributed by atoms with Gasteiger partial charge in [-0.1, -0.05) is 35.3 Å². The monoisotopic (exact) mass is 266 g/mol. The highest BCUT2D eigenvalue weighted by atomic mass is 35.5. The van der Waals surface area contributed by atoms with Crippen LogP contribution in [0.3, 0.4) is 0 Å². The summed E-state index contributed by atoms with van der Waals surface area (Å²) in [4.78, 5) is 4.32. The molecule has 0 saturated heterocycles. The lowest BCUT2D eigenvalue weighted by Gasteiger charge is -2.16. The lowest BCUT2D eigenvalue weighted by molar-refractivity contribution is 0.671. The molecule has 17 heavy (non-hydrogen) atoms. The van der Waals surface area contributed by atoms with Crippen LogP contribution in [-0.4, -0.2) is 12.0 Å². The largest absolute Gasteiger partial charge is 0.308 e. The Hall–Kier alpha value is -1.09. The van der Waals surface area contributed by atoms with E-state index in [9.17, 15) is 0 Å². The number of rotatable bonds is 3. The minimum atomic E-state index is 0.0459. The van der Waals surface area contributed by atoms with Gasteiger partial charge < -0.3 is 5.32 Å². The molecule has 0 saturated carbocycles. The van der Waals surface area contributed by atoms with Crippen molar-refractivity contribution in [1.82, 2.24) is 10.3 Å². The van der Waals surface area contributed by atoms with Crippen LogP contribution in [0.4, 0.5) is 0 Å². The summed E-state index contributed by atoms with van der Waals surface area (Å²) >= 11 is 11.7. The zero-order valence-electron chi connectivity index (χ0n) is 9.32. The van der Waals surface area contributed by atoms with Gasteiger partial charge in [-0.15, -0.1) is 0 Å². The summed E-state index contributed by atoms with van der Waals surface area (Å²) in [5.41, 5.74) is 2.05. The van der Waals surface area contributed by atoms with E-state index in [0.717, 1.165) is 16.3 Å². The molecular formula is C13H12Cl2N2. The quantitative estimate of drug-likeness (QED) is 0.917. The van der Waals surface area contributed by atoms with Gasteiger partial charge in [-0.25, -0.2) is 0 Å². The van der Waals surface area contributed by atoms with Crippen LogP contribution in [0.1, 0.15) is 17.3 Å². The molecule has 1 aromatic carbocycles. The molecule has 0 spiro atoms. The maximum Gasteiger partial charge on any atom is 0.0749 e. The Morgan fingerprint density at radius 3 is 2.18 bits per heavy atom. The van der Waals surface area contributed by atoms with Gasteiger partial charge in [0.25, 0.3) is 0 Å². The van der Waals surface area contributed by atoms with E-state index < -0.39 is 0 Å². The van der Waals surface area contributed by atoms with Gasteiger partial charge in [0, 0.05) is 11.2 Å². The van der Waals surface area contributed by atoms with Gasteiger partial charge in [-0.2, -0.15) is 0 Å². The predicted molar refractivity (Wildman–Crippen MR) is 71.6 cm³/mol. The molecule has 1 unspecified atom stereocenters. The Morgan fingerprint density at radius 2 is 1.65 bits per heavy atom. The zero-order chi connectivity index (χ0) is 12.3. The highest BCUT2D eigenvalue weighted by Gasteiger charge is 2.12. The van der Waals surface area contributed by atoms with Crippen LogP contribution in [0.25, 0.3) is 0 Å². The number of benzene rings is 1. The number of hydrogen-bond acceptors (Lipinski definition) is 2. The maximum absolute atomic E-state index is 5.87. The minimum Gasteiger partial charge on any atom is -0.308 e. The molecule has 1 heterocycles. The second kappa shape index (κ2) is 5.50. The lowest BCUT2D eigenvalue weighted by Crippen LogP contribution is -2.18. The molecule has 2 nitrogen and oxygen atoms in total. The first-order valence-corrected chi connectivity index (χ1v) is 6.00. The Labute approximate surface area is 111 Å². The molecule has 0 fully saturated rings. The first kappa shape index (κ1) is 12.4. The molecule has 1 N–H and O–H groups in total. The van der Waals surface area contributed by atoms with E-state index >= 15 is 0 Å². The van der Waals surface area contributed by atoms with Crippen molar-refractivity contribution < 1.29 is 0 Å². The second-order valence-electron chi connectivity index (χ2n) is 3.67. The number of aromatic nitrogens is 1. The first-order valence-electron chi connectivity index (χ1n) is 5.25. The summed E-state index contributed by atoms with van der Waals surface area (Å²) < 4.78 is 0. The number of nitrogens with one attached hydrogen (secondary N) is 1. The van der Waals surface area contributed by atoms with E-state index in [2.05, 4.69) is 10.3 Å². The Morgan fingerprint density at radius 1 is 1.00 bits per heavy atom. The van der Waals surface area contributed by atoms with Crippen molar-refractivity contribution in [1.29, 1.82) is 0 Å². The number of halogens is 2. The van der Waals surface area contributed by atoms with Crippen LogP contribution < -0.4 is 5.32 Å². The molecule has 2 aromatic rings. The normalized spacial score (nSPS) is 12.4. The van der Waals surface area contributed by atoms with E-state index in [4.69, 9.17) is 23.2 Å². The number of nitrogens with zero attached hydrogens (tertiary/aromatic N) is 1. The van der Waals surface area contributed by atoms with Crippen molar-refractivity contribution in [3.05, 3.63) is 63.9 Å². The molecule has 0 radical (unpaired) electrons. The van der Waals surface area contributed by atoms with E-state index in [1.165, 1.54) is 0 Å². The van der Waals surface area contributed by atoms with Gasteiger partial charge in [0.1, 0.15) is 0 Å². The molecule has 88 valence electrons. The van der Waals surface area contributed by atoms with Gasteiger partial charge in [0.2, 0.25) is 0 Å². The van der Waals surface area contributed by atoms with Crippen molar-refractivity contribution in [3.63, 3.8) is 0 Å². The molecule has 0 aliphatic rings. The zero-order valence-corrected chi connectivity index (χ0v) is 10.8. The summed E-state index contributed by atoms with van der Waals surface area (Å²) in [5, 5.41) is 4.59.